The van der Waals surface area contributed by atoms with Crippen LogP contribution in [0.2, 0.25) is 0 Å². The van der Waals surface area contributed by atoms with Gasteiger partial charge in [0.05, 0.1) is 11.6 Å². The number of methoxy groups -OCH3 is 1. The number of alkyl halides is 3. The average Bonchev–Trinajstić information content (AvgIpc) is 2.87. The average molecular weight is 299 g/mol. The Morgan fingerprint density at radius 1 is 1.14 bits per heavy atom. The Balaban J connectivity index is 2.03. The second-order valence-corrected chi connectivity index (χ2v) is 4.74. The Morgan fingerprint density at radius 2 is 1.81 bits per heavy atom. The van der Waals surface area contributed by atoms with E-state index in [1.54, 1.807) is 19.2 Å². The minimum absolute atomic E-state index is 0.354. The van der Waals surface area contributed by atoms with Gasteiger partial charge in [-0.2, -0.15) is 13.2 Å². The van der Waals surface area contributed by atoms with E-state index in [-0.39, 0.29) is 0 Å². The van der Waals surface area contributed by atoms with Crippen molar-refractivity contribution >= 4 is 0 Å². The first-order valence-electron chi connectivity index (χ1n) is 6.39. The molecular weight excluding hydrogens is 283 g/mol. The summed E-state index contributed by atoms with van der Waals surface area (Å²) in [5, 5.41) is 0. The van der Waals surface area contributed by atoms with Gasteiger partial charge in [-0.1, -0.05) is 12.1 Å². The summed E-state index contributed by atoms with van der Waals surface area (Å²) in [6, 6.07) is 8.09. The number of ether oxygens (including phenoxy) is 1. The molecule has 0 radical (unpaired) electrons. The quantitative estimate of drug-likeness (QED) is 0.916. The molecule has 0 spiro atoms. The van der Waals surface area contributed by atoms with Gasteiger partial charge in [-0.15, -0.1) is 0 Å². The third-order valence-corrected chi connectivity index (χ3v) is 3.07. The molecule has 1 unspecified atom stereocenters. The van der Waals surface area contributed by atoms with Crippen molar-refractivity contribution in [2.75, 3.05) is 7.11 Å². The van der Waals surface area contributed by atoms with Crippen molar-refractivity contribution in [3.8, 4) is 0 Å². The molecule has 0 aliphatic heterocycles. The molecular formula is C15H16F3NO2. The first-order chi connectivity index (χ1) is 9.90. The van der Waals surface area contributed by atoms with Crippen LogP contribution < -0.4 is 5.73 Å². The minimum Gasteiger partial charge on any atom is -0.462 e. The summed E-state index contributed by atoms with van der Waals surface area (Å²) in [6.07, 6.45) is -3.92. The Hall–Kier alpha value is -1.79. The van der Waals surface area contributed by atoms with Crippen LogP contribution in [0.5, 0.6) is 0 Å². The van der Waals surface area contributed by atoms with Gasteiger partial charge in [-0.05, 0) is 36.2 Å². The van der Waals surface area contributed by atoms with E-state index in [9.17, 15) is 13.2 Å². The highest BCUT2D eigenvalue weighted by atomic mass is 19.4. The van der Waals surface area contributed by atoms with E-state index in [0.29, 0.717) is 24.5 Å². The maximum absolute atomic E-state index is 12.5. The second-order valence-electron chi connectivity index (χ2n) is 4.74. The highest BCUT2D eigenvalue weighted by molar-refractivity contribution is 5.26. The van der Waals surface area contributed by atoms with Gasteiger partial charge in [-0.3, -0.25) is 0 Å². The van der Waals surface area contributed by atoms with E-state index in [1.807, 2.05) is 0 Å². The van der Waals surface area contributed by atoms with Crippen LogP contribution in [-0.2, 0) is 23.9 Å². The second kappa shape index (κ2) is 6.32. The van der Waals surface area contributed by atoms with Crippen molar-refractivity contribution in [2.24, 2.45) is 5.73 Å². The molecule has 1 heterocycles. The van der Waals surface area contributed by atoms with Gasteiger partial charge in [0.15, 0.2) is 0 Å². The summed E-state index contributed by atoms with van der Waals surface area (Å²) in [7, 11) is 1.56. The van der Waals surface area contributed by atoms with Crippen LogP contribution in [0.15, 0.2) is 40.8 Å². The zero-order valence-corrected chi connectivity index (χ0v) is 11.5. The van der Waals surface area contributed by atoms with Crippen LogP contribution in [0.1, 0.15) is 28.7 Å². The van der Waals surface area contributed by atoms with E-state index in [1.165, 1.54) is 12.1 Å². The molecule has 1 aromatic carbocycles. The molecule has 0 aliphatic carbocycles. The summed E-state index contributed by atoms with van der Waals surface area (Å²) < 4.78 is 47.9. The highest BCUT2D eigenvalue weighted by Gasteiger charge is 2.30. The molecule has 1 atom stereocenters. The van der Waals surface area contributed by atoms with E-state index in [4.69, 9.17) is 14.9 Å². The number of hydrogen-bond acceptors (Lipinski definition) is 3. The molecule has 0 saturated heterocycles. The summed E-state index contributed by atoms with van der Waals surface area (Å²) in [4.78, 5) is 0. The van der Waals surface area contributed by atoms with E-state index >= 15 is 0 Å². The summed E-state index contributed by atoms with van der Waals surface area (Å²) in [5.41, 5.74) is 6.06. The van der Waals surface area contributed by atoms with Gasteiger partial charge < -0.3 is 14.9 Å². The SMILES string of the molecule is COCc1ccc(C(N)Cc2ccc(C(F)(F)F)cc2)o1. The zero-order chi connectivity index (χ0) is 15.5. The monoisotopic (exact) mass is 299 g/mol. The van der Waals surface area contributed by atoms with E-state index in [0.717, 1.165) is 17.7 Å². The van der Waals surface area contributed by atoms with Crippen molar-refractivity contribution in [1.29, 1.82) is 0 Å². The maximum atomic E-state index is 12.5. The van der Waals surface area contributed by atoms with Crippen molar-refractivity contribution in [2.45, 2.75) is 25.2 Å². The summed E-state index contributed by atoms with van der Waals surface area (Å²) in [6.45, 7) is 0.354. The van der Waals surface area contributed by atoms with Gasteiger partial charge in [0.1, 0.15) is 18.1 Å². The molecule has 0 amide bonds. The van der Waals surface area contributed by atoms with E-state index < -0.39 is 17.8 Å². The molecule has 2 rings (SSSR count). The number of hydrogen-bond donors (Lipinski definition) is 1. The molecule has 0 bridgehead atoms. The Bertz CT molecular complexity index is 575. The molecule has 21 heavy (non-hydrogen) atoms. The molecule has 0 saturated carbocycles. The van der Waals surface area contributed by atoms with Crippen molar-refractivity contribution in [3.05, 3.63) is 59.0 Å². The van der Waals surface area contributed by atoms with E-state index in [2.05, 4.69) is 0 Å². The van der Waals surface area contributed by atoms with Crippen LogP contribution in [0.4, 0.5) is 13.2 Å². The van der Waals surface area contributed by atoms with Crippen molar-refractivity contribution in [1.82, 2.24) is 0 Å². The van der Waals surface area contributed by atoms with Gasteiger partial charge in [-0.25, -0.2) is 0 Å². The Morgan fingerprint density at radius 3 is 2.38 bits per heavy atom. The standard InChI is InChI=1S/C15H16F3NO2/c1-20-9-12-6-7-14(21-12)13(19)8-10-2-4-11(5-3-10)15(16,17)18/h2-7,13H,8-9,19H2,1H3. The fraction of sp³-hybridized carbons (Fsp3) is 0.333. The van der Waals surface area contributed by atoms with Gasteiger partial charge in [0, 0.05) is 7.11 Å². The molecule has 2 N–H and O–H groups in total. The smallest absolute Gasteiger partial charge is 0.416 e. The Labute approximate surface area is 120 Å². The lowest BCUT2D eigenvalue weighted by Crippen LogP contribution is -2.13. The third kappa shape index (κ3) is 4.09. The van der Waals surface area contributed by atoms with Crippen LogP contribution >= 0.6 is 0 Å². The molecule has 3 nitrogen and oxygen atoms in total. The largest absolute Gasteiger partial charge is 0.462 e. The predicted molar refractivity (Wildman–Crippen MR) is 71.5 cm³/mol. The molecule has 0 fully saturated rings. The number of nitrogens with two attached hydrogens (primary N) is 1. The fourth-order valence-electron chi connectivity index (χ4n) is 2.00. The number of benzene rings is 1. The number of furan rings is 1. The van der Waals surface area contributed by atoms with Crippen molar-refractivity contribution in [3.63, 3.8) is 0 Å². The van der Waals surface area contributed by atoms with Gasteiger partial charge in [0.2, 0.25) is 0 Å². The van der Waals surface area contributed by atoms with Crippen LogP contribution in [-0.4, -0.2) is 7.11 Å². The first-order valence-corrected chi connectivity index (χ1v) is 6.39. The third-order valence-electron chi connectivity index (χ3n) is 3.07. The number of halogens is 3. The lowest BCUT2D eigenvalue weighted by molar-refractivity contribution is -0.137. The molecule has 114 valence electrons. The highest BCUT2D eigenvalue weighted by Crippen LogP contribution is 2.29. The summed E-state index contributed by atoms with van der Waals surface area (Å²) >= 11 is 0. The van der Waals surface area contributed by atoms with Crippen LogP contribution in [0.25, 0.3) is 0 Å². The minimum atomic E-state index is -4.32. The molecule has 2 aromatic rings. The lowest BCUT2D eigenvalue weighted by atomic mass is 10.0. The first kappa shape index (κ1) is 15.6. The van der Waals surface area contributed by atoms with Crippen LogP contribution in [0, 0.1) is 0 Å². The zero-order valence-electron chi connectivity index (χ0n) is 11.5. The molecule has 1 aromatic heterocycles. The van der Waals surface area contributed by atoms with Gasteiger partial charge >= 0.3 is 6.18 Å². The van der Waals surface area contributed by atoms with Crippen LogP contribution in [0.3, 0.4) is 0 Å². The molecule has 0 aliphatic rings. The molecule has 6 heteroatoms. The summed E-state index contributed by atoms with van der Waals surface area (Å²) in [5.74, 6) is 1.25. The Kier molecular flexibility index (Phi) is 4.69. The normalized spacial score (nSPS) is 13.4. The fourth-order valence-corrected chi connectivity index (χ4v) is 2.00. The lowest BCUT2D eigenvalue weighted by Gasteiger charge is -2.11. The number of rotatable bonds is 5. The van der Waals surface area contributed by atoms with Crippen molar-refractivity contribution < 1.29 is 22.3 Å². The van der Waals surface area contributed by atoms with Gasteiger partial charge in [0.25, 0.3) is 0 Å². The topological polar surface area (TPSA) is 48.4 Å². The predicted octanol–water partition coefficient (Wildman–Crippen LogP) is 3.69. The maximum Gasteiger partial charge on any atom is 0.416 e.